The molecule has 0 fully saturated rings. The molecule has 6 heteroatoms. The molecule has 0 unspecified atom stereocenters. The summed E-state index contributed by atoms with van der Waals surface area (Å²) in [6.45, 7) is 5.77. The summed E-state index contributed by atoms with van der Waals surface area (Å²) in [5, 5.41) is 3.83. The molecule has 0 aromatic carbocycles. The van der Waals surface area contributed by atoms with E-state index in [1.807, 2.05) is 37.6 Å². The molecule has 15 heavy (non-hydrogen) atoms. The van der Waals surface area contributed by atoms with Crippen molar-refractivity contribution in [3.05, 3.63) is 22.4 Å². The van der Waals surface area contributed by atoms with Crippen molar-refractivity contribution in [1.82, 2.24) is 4.31 Å². The van der Waals surface area contributed by atoms with E-state index in [-0.39, 0.29) is 0 Å². The molecule has 86 valence electrons. The van der Waals surface area contributed by atoms with Crippen LogP contribution in [0.2, 0.25) is 0 Å². The summed E-state index contributed by atoms with van der Waals surface area (Å²) in [5.74, 6) is 0. The summed E-state index contributed by atoms with van der Waals surface area (Å²) in [4.78, 5) is 0. The third-order valence-electron chi connectivity index (χ3n) is 1.92. The summed E-state index contributed by atoms with van der Waals surface area (Å²) in [5.41, 5.74) is 0.446. The first kappa shape index (κ1) is 13.0. The molecule has 0 aliphatic rings. The van der Waals surface area contributed by atoms with Crippen molar-refractivity contribution in [3.63, 3.8) is 0 Å². The summed E-state index contributed by atoms with van der Waals surface area (Å²) >= 11 is 1.54. The van der Waals surface area contributed by atoms with Crippen molar-refractivity contribution in [2.24, 2.45) is 0 Å². The molecule has 1 aromatic heterocycles. The van der Waals surface area contributed by atoms with E-state index in [4.69, 9.17) is 10.7 Å². The predicted octanol–water partition coefficient (Wildman–Crippen LogP) is 2.83. The fraction of sp³-hybridized carbons (Fsp3) is 0.556. The molecule has 0 saturated carbocycles. The van der Waals surface area contributed by atoms with E-state index in [0.717, 1.165) is 5.56 Å². The van der Waals surface area contributed by atoms with Crippen LogP contribution in [0.1, 0.15) is 26.3 Å². The van der Waals surface area contributed by atoms with Gasteiger partial charge in [0.05, 0.1) is 0 Å². The maximum absolute atomic E-state index is 11.4. The van der Waals surface area contributed by atoms with Crippen molar-refractivity contribution in [3.8, 4) is 0 Å². The minimum atomic E-state index is -3.69. The maximum Gasteiger partial charge on any atom is 0.300 e. The maximum atomic E-state index is 11.4. The van der Waals surface area contributed by atoms with Gasteiger partial charge in [-0.3, -0.25) is 0 Å². The molecule has 1 rings (SSSR count). The van der Waals surface area contributed by atoms with Crippen LogP contribution in [-0.4, -0.2) is 18.3 Å². The Labute approximate surface area is 99.2 Å². The summed E-state index contributed by atoms with van der Waals surface area (Å²) in [7, 11) is 1.71. The molecule has 0 radical (unpaired) electrons. The van der Waals surface area contributed by atoms with Gasteiger partial charge in [0, 0.05) is 22.8 Å². The Balaban J connectivity index is 2.95. The average Bonchev–Trinajstić information content (AvgIpc) is 2.46. The second-order valence-electron chi connectivity index (χ2n) is 4.25. The Morgan fingerprint density at radius 3 is 2.40 bits per heavy atom. The van der Waals surface area contributed by atoms with Crippen LogP contribution in [0.25, 0.3) is 0 Å². The number of rotatable bonds is 3. The lowest BCUT2D eigenvalue weighted by molar-refractivity contribution is 0.248. The number of halogens is 1. The van der Waals surface area contributed by atoms with Gasteiger partial charge in [0.1, 0.15) is 0 Å². The van der Waals surface area contributed by atoms with E-state index in [1.165, 1.54) is 15.6 Å². The van der Waals surface area contributed by atoms with E-state index in [9.17, 15) is 8.42 Å². The van der Waals surface area contributed by atoms with Crippen molar-refractivity contribution in [2.45, 2.75) is 32.9 Å². The summed E-state index contributed by atoms with van der Waals surface area (Å²) in [6, 6.07) is 1.89. The largest absolute Gasteiger partial charge is 0.300 e. The Bertz CT molecular complexity index is 406. The van der Waals surface area contributed by atoms with Crippen molar-refractivity contribution < 1.29 is 8.42 Å². The van der Waals surface area contributed by atoms with Crippen LogP contribution in [0.15, 0.2) is 16.8 Å². The lowest BCUT2D eigenvalue weighted by Crippen LogP contribution is -2.42. The highest BCUT2D eigenvalue weighted by molar-refractivity contribution is 8.11. The van der Waals surface area contributed by atoms with Crippen LogP contribution in [-0.2, 0) is 15.8 Å². The smallest absolute Gasteiger partial charge is 0.195 e. The fourth-order valence-corrected chi connectivity index (χ4v) is 3.57. The lowest BCUT2D eigenvalue weighted by atomic mass is 10.1. The second-order valence-corrected chi connectivity index (χ2v) is 7.47. The fourth-order valence-electron chi connectivity index (χ4n) is 1.19. The Morgan fingerprint density at radius 2 is 2.07 bits per heavy atom. The van der Waals surface area contributed by atoms with Gasteiger partial charge in [0.25, 0.3) is 0 Å². The number of nitrogens with zero attached hydrogens (tertiary/aromatic N) is 1. The van der Waals surface area contributed by atoms with Crippen molar-refractivity contribution in [2.75, 3.05) is 0 Å². The summed E-state index contributed by atoms with van der Waals surface area (Å²) < 4.78 is 24.1. The highest BCUT2D eigenvalue weighted by atomic mass is 35.7. The van der Waals surface area contributed by atoms with E-state index < -0.39 is 14.8 Å². The zero-order valence-electron chi connectivity index (χ0n) is 8.90. The molecule has 0 saturated heterocycles. The van der Waals surface area contributed by atoms with Gasteiger partial charge in [-0.1, -0.05) is 0 Å². The van der Waals surface area contributed by atoms with Gasteiger partial charge >= 0.3 is 9.24 Å². The topological polar surface area (TPSA) is 37.4 Å². The van der Waals surface area contributed by atoms with Gasteiger partial charge in [-0.05, 0) is 43.2 Å². The van der Waals surface area contributed by atoms with Crippen molar-refractivity contribution >= 4 is 31.3 Å². The van der Waals surface area contributed by atoms with Gasteiger partial charge in [0.2, 0.25) is 0 Å². The van der Waals surface area contributed by atoms with Gasteiger partial charge in [0.15, 0.2) is 0 Å². The number of hydrogen-bond acceptors (Lipinski definition) is 3. The van der Waals surface area contributed by atoms with Crippen molar-refractivity contribution in [1.29, 1.82) is 0 Å². The summed E-state index contributed by atoms with van der Waals surface area (Å²) in [6.07, 6.45) is 0. The molecule has 0 aliphatic heterocycles. The molecule has 0 aliphatic carbocycles. The van der Waals surface area contributed by atoms with Crippen LogP contribution in [0.3, 0.4) is 0 Å². The Kier molecular flexibility index (Phi) is 3.81. The molecular formula is C9H14ClNO2S2. The molecule has 1 heterocycles. The average molecular weight is 268 g/mol. The van der Waals surface area contributed by atoms with E-state index in [0.29, 0.717) is 6.54 Å². The Hall–Kier alpha value is -0.100. The molecule has 0 N–H and O–H groups in total. The Morgan fingerprint density at radius 1 is 1.47 bits per heavy atom. The molecule has 0 atom stereocenters. The lowest BCUT2D eigenvalue weighted by Gasteiger charge is -2.31. The minimum Gasteiger partial charge on any atom is -0.195 e. The highest BCUT2D eigenvalue weighted by Gasteiger charge is 2.31. The third-order valence-corrected chi connectivity index (χ3v) is 4.35. The SMILES string of the molecule is CC(C)(C)N(Cc1ccsc1)S(=O)(=O)Cl. The molecule has 0 spiro atoms. The molecule has 3 nitrogen and oxygen atoms in total. The van der Waals surface area contributed by atoms with Gasteiger partial charge in [-0.25, -0.2) is 0 Å². The van der Waals surface area contributed by atoms with Crippen LogP contribution >= 0.6 is 22.0 Å². The van der Waals surface area contributed by atoms with Gasteiger partial charge in [-0.2, -0.15) is 24.1 Å². The number of thiophene rings is 1. The van der Waals surface area contributed by atoms with E-state index in [2.05, 4.69) is 0 Å². The quantitative estimate of drug-likeness (QED) is 0.790. The number of hydrogen-bond donors (Lipinski definition) is 0. The normalized spacial score (nSPS) is 13.4. The third kappa shape index (κ3) is 3.75. The zero-order valence-corrected chi connectivity index (χ0v) is 11.3. The first-order valence-electron chi connectivity index (χ1n) is 4.45. The standard InChI is InChI=1S/C9H14ClNO2S2/c1-9(2,3)11(15(10,12)13)6-8-4-5-14-7-8/h4-5,7H,6H2,1-3H3. The predicted molar refractivity (Wildman–Crippen MR) is 64.4 cm³/mol. The first-order valence-corrected chi connectivity index (χ1v) is 7.65. The van der Waals surface area contributed by atoms with Gasteiger partial charge < -0.3 is 0 Å². The highest BCUT2D eigenvalue weighted by Crippen LogP contribution is 2.24. The molecule has 1 aromatic rings. The van der Waals surface area contributed by atoms with Crippen LogP contribution < -0.4 is 0 Å². The first-order chi connectivity index (χ1) is 6.71. The van der Waals surface area contributed by atoms with Crippen LogP contribution in [0.4, 0.5) is 0 Å². The van der Waals surface area contributed by atoms with Gasteiger partial charge in [-0.15, -0.1) is 0 Å². The second kappa shape index (κ2) is 4.41. The molecular weight excluding hydrogens is 254 g/mol. The minimum absolute atomic E-state index is 0.318. The van der Waals surface area contributed by atoms with E-state index in [1.54, 1.807) is 0 Å². The monoisotopic (exact) mass is 267 g/mol. The van der Waals surface area contributed by atoms with E-state index >= 15 is 0 Å². The zero-order chi connectivity index (χ0) is 11.7. The molecule has 0 amide bonds. The van der Waals surface area contributed by atoms with Crippen LogP contribution in [0.5, 0.6) is 0 Å². The van der Waals surface area contributed by atoms with Crippen LogP contribution in [0, 0.1) is 0 Å². The molecule has 0 bridgehead atoms.